The summed E-state index contributed by atoms with van der Waals surface area (Å²) in [5.74, 6) is 1.47. The van der Waals surface area contributed by atoms with E-state index in [2.05, 4.69) is 41.7 Å². The second-order valence-corrected chi connectivity index (χ2v) is 7.51. The first-order valence-electron chi connectivity index (χ1n) is 8.93. The van der Waals surface area contributed by atoms with Crippen LogP contribution in [0.25, 0.3) is 21.9 Å². The van der Waals surface area contributed by atoms with E-state index in [0.717, 1.165) is 47.1 Å². The number of aromatic nitrogens is 3. The van der Waals surface area contributed by atoms with Crippen LogP contribution in [0.5, 0.6) is 0 Å². The molecule has 0 aliphatic rings. The van der Waals surface area contributed by atoms with Crippen molar-refractivity contribution in [1.82, 2.24) is 19.9 Å². The van der Waals surface area contributed by atoms with Crippen molar-refractivity contribution < 1.29 is 0 Å². The van der Waals surface area contributed by atoms with Crippen LogP contribution in [-0.4, -0.2) is 27.0 Å². The molecule has 0 unspecified atom stereocenters. The van der Waals surface area contributed by atoms with E-state index in [1.807, 2.05) is 18.2 Å². The first-order valence-corrected chi connectivity index (χ1v) is 8.93. The number of fused-ring (bicyclic) bond motifs is 3. The van der Waals surface area contributed by atoms with Crippen LogP contribution in [0.3, 0.4) is 0 Å². The van der Waals surface area contributed by atoms with Gasteiger partial charge in [0.1, 0.15) is 11.3 Å². The van der Waals surface area contributed by atoms with Gasteiger partial charge in [-0.25, -0.2) is 9.97 Å². The molecule has 0 saturated carbocycles. The molecule has 0 fully saturated rings. The molecule has 0 aliphatic carbocycles. The number of anilines is 1. The smallest absolute Gasteiger partial charge is 0.185 e. The minimum atomic E-state index is -0.124. The maximum atomic E-state index is 7.42. The minimum absolute atomic E-state index is 0.0127. The van der Waals surface area contributed by atoms with Crippen LogP contribution in [0, 0.1) is 10.8 Å². The summed E-state index contributed by atoms with van der Waals surface area (Å²) in [6.07, 6.45) is 1.87. The zero-order chi connectivity index (χ0) is 18.9. The Balaban J connectivity index is 2.18. The first kappa shape index (κ1) is 18.0. The van der Waals surface area contributed by atoms with E-state index >= 15 is 0 Å². The topological polar surface area (TPSA) is 119 Å². The fraction of sp³-hybridized carbons (Fsp3) is 0.421. The third-order valence-electron chi connectivity index (χ3n) is 4.51. The summed E-state index contributed by atoms with van der Waals surface area (Å²) >= 11 is 0. The average molecular weight is 353 g/mol. The molecular formula is C19H27N7. The highest BCUT2D eigenvalue weighted by molar-refractivity contribution is 6.06. The largest absolute Gasteiger partial charge is 0.382 e. The van der Waals surface area contributed by atoms with Crippen molar-refractivity contribution in [2.24, 2.45) is 11.1 Å². The highest BCUT2D eigenvalue weighted by Gasteiger charge is 2.24. The second kappa shape index (κ2) is 6.82. The predicted octanol–water partition coefficient (Wildman–Crippen LogP) is 2.63. The van der Waals surface area contributed by atoms with Crippen molar-refractivity contribution in [2.75, 3.05) is 12.3 Å². The molecule has 0 saturated heterocycles. The highest BCUT2D eigenvalue weighted by atomic mass is 15.1. The molecular weight excluding hydrogens is 326 g/mol. The fourth-order valence-corrected chi connectivity index (χ4v) is 3.31. The zero-order valence-electron chi connectivity index (χ0n) is 15.6. The SMILES string of the molecule is CCCc1nc2c(N)nc3ccccc3c2n1CC(C)(C)CNC(=N)N. The molecule has 0 atom stereocenters. The number of benzene rings is 1. The summed E-state index contributed by atoms with van der Waals surface area (Å²) in [6, 6.07) is 8.02. The molecule has 0 bridgehead atoms. The number of aryl methyl sites for hydroxylation is 1. The second-order valence-electron chi connectivity index (χ2n) is 7.51. The molecule has 0 amide bonds. The normalized spacial score (nSPS) is 12.0. The maximum absolute atomic E-state index is 7.42. The number of rotatable bonds is 6. The van der Waals surface area contributed by atoms with Gasteiger partial charge in [-0.1, -0.05) is 39.0 Å². The number of nitrogens with zero attached hydrogens (tertiary/aromatic N) is 3. The number of hydrogen-bond acceptors (Lipinski definition) is 4. The average Bonchev–Trinajstić information content (AvgIpc) is 2.92. The van der Waals surface area contributed by atoms with Gasteiger partial charge in [-0.2, -0.15) is 0 Å². The molecule has 0 spiro atoms. The lowest BCUT2D eigenvalue weighted by Crippen LogP contribution is -2.39. The Hall–Kier alpha value is -2.83. The van der Waals surface area contributed by atoms with Crippen molar-refractivity contribution in [3.63, 3.8) is 0 Å². The van der Waals surface area contributed by atoms with Gasteiger partial charge in [-0.15, -0.1) is 0 Å². The molecule has 3 rings (SSSR count). The van der Waals surface area contributed by atoms with Crippen molar-refractivity contribution in [3.05, 3.63) is 30.1 Å². The predicted molar refractivity (Wildman–Crippen MR) is 107 cm³/mol. The summed E-state index contributed by atoms with van der Waals surface area (Å²) in [5, 5.41) is 11.4. The van der Waals surface area contributed by atoms with Gasteiger partial charge in [0, 0.05) is 30.3 Å². The molecule has 1 aromatic carbocycles. The fourth-order valence-electron chi connectivity index (χ4n) is 3.31. The Morgan fingerprint density at radius 2 is 2.00 bits per heavy atom. The Morgan fingerprint density at radius 3 is 2.69 bits per heavy atom. The quantitative estimate of drug-likeness (QED) is 0.401. The van der Waals surface area contributed by atoms with E-state index in [4.69, 9.17) is 21.9 Å². The van der Waals surface area contributed by atoms with Crippen LogP contribution in [0.4, 0.5) is 5.82 Å². The van der Waals surface area contributed by atoms with Gasteiger partial charge in [-0.3, -0.25) is 5.41 Å². The minimum Gasteiger partial charge on any atom is -0.382 e. The third kappa shape index (κ3) is 3.42. The molecule has 26 heavy (non-hydrogen) atoms. The van der Waals surface area contributed by atoms with Gasteiger partial charge < -0.3 is 21.4 Å². The highest BCUT2D eigenvalue weighted by Crippen LogP contribution is 2.31. The zero-order valence-corrected chi connectivity index (χ0v) is 15.6. The third-order valence-corrected chi connectivity index (χ3v) is 4.51. The standard InChI is InChI=1S/C19H27N7/c1-4-7-14-25-15-16(12-8-5-6-9-13(12)24-17(15)20)26(14)11-19(2,3)10-23-18(21)22/h5-6,8-9H,4,7,10-11H2,1-3H3,(H2,20,24)(H4,21,22,23). The Kier molecular flexibility index (Phi) is 4.71. The number of pyridine rings is 1. The molecule has 7 nitrogen and oxygen atoms in total. The molecule has 0 aliphatic heterocycles. The Morgan fingerprint density at radius 1 is 1.27 bits per heavy atom. The van der Waals surface area contributed by atoms with Crippen LogP contribution in [0.1, 0.15) is 33.0 Å². The number of imidazole rings is 1. The molecule has 0 radical (unpaired) electrons. The summed E-state index contributed by atoms with van der Waals surface area (Å²) in [4.78, 5) is 9.34. The van der Waals surface area contributed by atoms with Crippen molar-refractivity contribution in [1.29, 1.82) is 5.41 Å². The summed E-state index contributed by atoms with van der Waals surface area (Å²) in [5.41, 5.74) is 14.2. The van der Waals surface area contributed by atoms with E-state index < -0.39 is 0 Å². The van der Waals surface area contributed by atoms with E-state index in [-0.39, 0.29) is 11.4 Å². The van der Waals surface area contributed by atoms with Crippen molar-refractivity contribution >= 4 is 33.7 Å². The van der Waals surface area contributed by atoms with Crippen molar-refractivity contribution in [2.45, 2.75) is 40.2 Å². The lowest BCUT2D eigenvalue weighted by Gasteiger charge is -2.27. The Labute approximate surface area is 153 Å². The molecule has 2 heterocycles. The number of nitrogen functional groups attached to an aromatic ring is 1. The number of para-hydroxylation sites is 1. The van der Waals surface area contributed by atoms with Gasteiger partial charge in [0.15, 0.2) is 11.8 Å². The molecule has 3 aromatic rings. The number of hydrogen-bond donors (Lipinski definition) is 4. The van der Waals surface area contributed by atoms with Crippen LogP contribution >= 0.6 is 0 Å². The van der Waals surface area contributed by atoms with E-state index in [0.29, 0.717) is 12.4 Å². The molecule has 7 heteroatoms. The summed E-state index contributed by atoms with van der Waals surface area (Å²) in [7, 11) is 0. The van der Waals surface area contributed by atoms with Crippen molar-refractivity contribution in [3.8, 4) is 0 Å². The molecule has 6 N–H and O–H groups in total. The van der Waals surface area contributed by atoms with Crippen LogP contribution in [-0.2, 0) is 13.0 Å². The Bertz CT molecular complexity index is 955. The summed E-state index contributed by atoms with van der Waals surface area (Å²) < 4.78 is 2.26. The first-order chi connectivity index (χ1) is 12.3. The monoisotopic (exact) mass is 353 g/mol. The van der Waals surface area contributed by atoms with Gasteiger partial charge in [0.25, 0.3) is 0 Å². The van der Waals surface area contributed by atoms with E-state index in [1.165, 1.54) is 0 Å². The lowest BCUT2D eigenvalue weighted by atomic mass is 9.93. The number of nitrogens with two attached hydrogens (primary N) is 2. The van der Waals surface area contributed by atoms with Gasteiger partial charge in [0.05, 0.1) is 11.0 Å². The van der Waals surface area contributed by atoms with Gasteiger partial charge in [0.2, 0.25) is 0 Å². The maximum Gasteiger partial charge on any atom is 0.185 e. The van der Waals surface area contributed by atoms with Crippen LogP contribution < -0.4 is 16.8 Å². The van der Waals surface area contributed by atoms with Crippen LogP contribution in [0.15, 0.2) is 24.3 Å². The number of nitrogens with one attached hydrogen (secondary N) is 2. The van der Waals surface area contributed by atoms with Gasteiger partial charge in [-0.05, 0) is 12.5 Å². The van der Waals surface area contributed by atoms with E-state index in [9.17, 15) is 0 Å². The van der Waals surface area contributed by atoms with E-state index in [1.54, 1.807) is 0 Å². The molecule has 2 aromatic heterocycles. The lowest BCUT2D eigenvalue weighted by molar-refractivity contribution is 0.304. The van der Waals surface area contributed by atoms with Gasteiger partial charge >= 0.3 is 0 Å². The molecule has 138 valence electrons. The number of guanidine groups is 1. The summed E-state index contributed by atoms with van der Waals surface area (Å²) in [6.45, 7) is 7.79. The van der Waals surface area contributed by atoms with Crippen LogP contribution in [0.2, 0.25) is 0 Å².